The molecule has 21 heavy (non-hydrogen) atoms. The Bertz CT molecular complexity index is 505. The summed E-state index contributed by atoms with van der Waals surface area (Å²) in [4.78, 5) is 10.6. The van der Waals surface area contributed by atoms with E-state index < -0.39 is 0 Å². The summed E-state index contributed by atoms with van der Waals surface area (Å²) < 4.78 is 0.527. The van der Waals surface area contributed by atoms with Crippen LogP contribution in [0.3, 0.4) is 0 Å². The van der Waals surface area contributed by atoms with E-state index >= 15 is 0 Å². The Morgan fingerprint density at radius 2 is 2.05 bits per heavy atom. The van der Waals surface area contributed by atoms with E-state index in [1.165, 1.54) is 19.3 Å². The van der Waals surface area contributed by atoms with Crippen molar-refractivity contribution in [2.75, 3.05) is 5.32 Å². The summed E-state index contributed by atoms with van der Waals surface area (Å²) >= 11 is 3.22. The first kappa shape index (κ1) is 16.3. The van der Waals surface area contributed by atoms with Gasteiger partial charge in [0.15, 0.2) is 0 Å². The van der Waals surface area contributed by atoms with E-state index in [9.17, 15) is 10.1 Å². The predicted octanol–water partition coefficient (Wildman–Crippen LogP) is 5.37. The van der Waals surface area contributed by atoms with Crippen molar-refractivity contribution < 1.29 is 4.92 Å². The van der Waals surface area contributed by atoms with Crippen LogP contribution in [0, 0.1) is 22.0 Å². The number of nitro groups is 1. The molecule has 2 atom stereocenters. The minimum absolute atomic E-state index is 0.119. The molecular formula is C16H23BrN2O2. The molecule has 1 aliphatic carbocycles. The molecule has 0 amide bonds. The topological polar surface area (TPSA) is 55.2 Å². The van der Waals surface area contributed by atoms with E-state index in [-0.39, 0.29) is 10.6 Å². The third-order valence-corrected chi connectivity index (χ3v) is 5.14. The fourth-order valence-corrected chi connectivity index (χ4v) is 3.51. The SMILES string of the molecule is CC(C)C1CCCC(Nc2ccc(Br)c([N+](=O)[O-])c2)CC1. The normalized spacial score (nSPS) is 22.9. The molecule has 2 rings (SSSR count). The van der Waals surface area contributed by atoms with Crippen LogP contribution < -0.4 is 5.32 Å². The van der Waals surface area contributed by atoms with Crippen molar-refractivity contribution >= 4 is 27.3 Å². The molecule has 1 aromatic carbocycles. The van der Waals surface area contributed by atoms with Crippen LogP contribution in [0.4, 0.5) is 11.4 Å². The Kier molecular flexibility index (Phi) is 5.62. The molecule has 0 radical (unpaired) electrons. The zero-order valence-electron chi connectivity index (χ0n) is 12.6. The number of nitrogens with one attached hydrogen (secondary N) is 1. The summed E-state index contributed by atoms with van der Waals surface area (Å²) in [6.07, 6.45) is 6.07. The van der Waals surface area contributed by atoms with E-state index in [0.717, 1.165) is 30.4 Å². The minimum Gasteiger partial charge on any atom is -0.382 e. The van der Waals surface area contributed by atoms with Crippen molar-refractivity contribution in [3.63, 3.8) is 0 Å². The van der Waals surface area contributed by atoms with E-state index in [0.29, 0.717) is 10.5 Å². The maximum absolute atomic E-state index is 11.0. The van der Waals surface area contributed by atoms with Crippen LogP contribution in [0.2, 0.25) is 0 Å². The average Bonchev–Trinajstić information content (AvgIpc) is 2.66. The van der Waals surface area contributed by atoms with Gasteiger partial charge in [-0.25, -0.2) is 0 Å². The highest BCUT2D eigenvalue weighted by atomic mass is 79.9. The Morgan fingerprint density at radius 3 is 2.71 bits per heavy atom. The van der Waals surface area contributed by atoms with Gasteiger partial charge in [-0.15, -0.1) is 0 Å². The minimum atomic E-state index is -0.350. The molecule has 0 aliphatic heterocycles. The van der Waals surface area contributed by atoms with Crippen LogP contribution in [0.25, 0.3) is 0 Å². The van der Waals surface area contributed by atoms with Gasteiger partial charge in [0.05, 0.1) is 9.40 Å². The first-order valence-electron chi connectivity index (χ1n) is 7.68. The number of halogens is 1. The Morgan fingerprint density at radius 1 is 1.29 bits per heavy atom. The number of nitro benzene ring substituents is 1. The first-order valence-corrected chi connectivity index (χ1v) is 8.47. The van der Waals surface area contributed by atoms with Crippen LogP contribution in [0.15, 0.2) is 22.7 Å². The Balaban J connectivity index is 2.01. The van der Waals surface area contributed by atoms with Crippen LogP contribution in [-0.2, 0) is 0 Å². The quantitative estimate of drug-likeness (QED) is 0.448. The van der Waals surface area contributed by atoms with E-state index in [4.69, 9.17) is 0 Å². The maximum Gasteiger partial charge on any atom is 0.285 e. The summed E-state index contributed by atoms with van der Waals surface area (Å²) in [7, 11) is 0. The first-order chi connectivity index (χ1) is 9.97. The van der Waals surface area contributed by atoms with Crippen LogP contribution in [0.1, 0.15) is 46.0 Å². The molecule has 0 aromatic heterocycles. The zero-order valence-corrected chi connectivity index (χ0v) is 14.2. The predicted molar refractivity (Wildman–Crippen MR) is 89.6 cm³/mol. The van der Waals surface area contributed by atoms with Crippen LogP contribution in [0.5, 0.6) is 0 Å². The Labute approximate surface area is 134 Å². The van der Waals surface area contributed by atoms with Gasteiger partial charge < -0.3 is 5.32 Å². The van der Waals surface area contributed by atoms with Crippen molar-refractivity contribution in [2.24, 2.45) is 11.8 Å². The molecule has 0 spiro atoms. The lowest BCUT2D eigenvalue weighted by Gasteiger charge is -2.19. The molecule has 4 nitrogen and oxygen atoms in total. The van der Waals surface area contributed by atoms with Gasteiger partial charge in [-0.2, -0.15) is 0 Å². The summed E-state index contributed by atoms with van der Waals surface area (Å²) in [5, 5.41) is 14.5. The van der Waals surface area contributed by atoms with Crippen LogP contribution >= 0.6 is 15.9 Å². The standard InChI is InChI=1S/C16H23BrN2O2/c1-11(2)12-4-3-5-13(7-6-12)18-14-8-9-15(17)16(10-14)19(20)21/h8-13,18H,3-7H2,1-2H3. The third kappa shape index (κ3) is 4.43. The highest BCUT2D eigenvalue weighted by molar-refractivity contribution is 9.10. The fraction of sp³-hybridized carbons (Fsp3) is 0.625. The lowest BCUT2D eigenvalue weighted by molar-refractivity contribution is -0.385. The van der Waals surface area contributed by atoms with E-state index in [1.54, 1.807) is 12.1 Å². The maximum atomic E-state index is 11.0. The summed E-state index contributed by atoms with van der Waals surface area (Å²) in [6, 6.07) is 5.69. The molecule has 0 heterocycles. The molecule has 0 bridgehead atoms. The molecule has 0 saturated heterocycles. The highest BCUT2D eigenvalue weighted by Crippen LogP contribution is 2.32. The van der Waals surface area contributed by atoms with Gasteiger partial charge in [-0.3, -0.25) is 10.1 Å². The van der Waals surface area contributed by atoms with Gasteiger partial charge in [0.1, 0.15) is 0 Å². The van der Waals surface area contributed by atoms with Crippen molar-refractivity contribution in [3.05, 3.63) is 32.8 Å². The second-order valence-corrected chi connectivity index (χ2v) is 7.13. The number of nitrogens with zero attached hydrogens (tertiary/aromatic N) is 1. The number of hydrogen-bond acceptors (Lipinski definition) is 3. The molecule has 5 heteroatoms. The van der Waals surface area contributed by atoms with Gasteiger partial charge in [-0.05, 0) is 59.2 Å². The lowest BCUT2D eigenvalue weighted by atomic mass is 9.89. The lowest BCUT2D eigenvalue weighted by Crippen LogP contribution is -2.18. The van der Waals surface area contributed by atoms with Gasteiger partial charge in [-0.1, -0.05) is 26.7 Å². The molecule has 1 saturated carbocycles. The molecule has 1 fully saturated rings. The number of rotatable bonds is 4. The molecule has 1 aliphatic rings. The van der Waals surface area contributed by atoms with Crippen molar-refractivity contribution in [3.8, 4) is 0 Å². The molecule has 116 valence electrons. The second-order valence-electron chi connectivity index (χ2n) is 6.28. The molecule has 1 aromatic rings. The van der Waals surface area contributed by atoms with Gasteiger partial charge in [0.25, 0.3) is 5.69 Å². The fourth-order valence-electron chi connectivity index (χ4n) is 3.12. The number of anilines is 1. The number of benzene rings is 1. The third-order valence-electron chi connectivity index (χ3n) is 4.47. The van der Waals surface area contributed by atoms with Gasteiger partial charge in [0, 0.05) is 17.8 Å². The smallest absolute Gasteiger partial charge is 0.285 e. The second kappa shape index (κ2) is 7.25. The van der Waals surface area contributed by atoms with Gasteiger partial charge >= 0.3 is 0 Å². The molecule has 1 N–H and O–H groups in total. The summed E-state index contributed by atoms with van der Waals surface area (Å²) in [6.45, 7) is 4.60. The van der Waals surface area contributed by atoms with Crippen molar-refractivity contribution in [1.82, 2.24) is 0 Å². The monoisotopic (exact) mass is 354 g/mol. The van der Waals surface area contributed by atoms with E-state index in [2.05, 4.69) is 35.1 Å². The largest absolute Gasteiger partial charge is 0.382 e. The van der Waals surface area contributed by atoms with Crippen LogP contribution in [-0.4, -0.2) is 11.0 Å². The molecule has 2 unspecified atom stereocenters. The van der Waals surface area contributed by atoms with Crippen molar-refractivity contribution in [2.45, 2.75) is 52.0 Å². The Hall–Kier alpha value is -1.10. The summed E-state index contributed by atoms with van der Waals surface area (Å²) in [5.41, 5.74) is 0.964. The highest BCUT2D eigenvalue weighted by Gasteiger charge is 2.21. The number of hydrogen-bond donors (Lipinski definition) is 1. The van der Waals surface area contributed by atoms with Gasteiger partial charge in [0.2, 0.25) is 0 Å². The summed E-state index contributed by atoms with van der Waals surface area (Å²) in [5.74, 6) is 1.56. The zero-order chi connectivity index (χ0) is 15.4. The van der Waals surface area contributed by atoms with Crippen molar-refractivity contribution in [1.29, 1.82) is 0 Å². The molecular weight excluding hydrogens is 332 g/mol. The van der Waals surface area contributed by atoms with E-state index in [1.807, 2.05) is 6.07 Å². The average molecular weight is 355 g/mol.